The lowest BCUT2D eigenvalue weighted by Gasteiger charge is -2.18. The van der Waals surface area contributed by atoms with Gasteiger partial charge in [0.1, 0.15) is 29.7 Å². The van der Waals surface area contributed by atoms with Crippen molar-refractivity contribution in [3.63, 3.8) is 0 Å². The molecule has 1 atom stereocenters. The minimum Gasteiger partial charge on any atom is -0.449 e. The number of hydrogen-bond donors (Lipinski definition) is 1. The van der Waals surface area contributed by atoms with Crippen molar-refractivity contribution in [1.29, 1.82) is 0 Å². The van der Waals surface area contributed by atoms with E-state index in [0.29, 0.717) is 5.56 Å². The molecule has 11 heteroatoms. The van der Waals surface area contributed by atoms with Gasteiger partial charge in [0.2, 0.25) is 11.2 Å². The third-order valence-electron chi connectivity index (χ3n) is 6.33. The number of amides is 1. The maximum Gasteiger partial charge on any atom is 0.453 e. The van der Waals surface area contributed by atoms with Crippen molar-refractivity contribution < 1.29 is 41.4 Å². The second kappa shape index (κ2) is 13.2. The van der Waals surface area contributed by atoms with Crippen LogP contribution in [0.4, 0.5) is 18.0 Å². The first-order valence-corrected chi connectivity index (χ1v) is 13.3. The summed E-state index contributed by atoms with van der Waals surface area (Å²) in [5.41, 5.74) is -0.117. The molecule has 5 rings (SSSR count). The van der Waals surface area contributed by atoms with Crippen LogP contribution < -0.4 is 20.2 Å². The second-order valence-electron chi connectivity index (χ2n) is 9.53. The SMILES string of the molecule is O=C(N[C@H](Cc1ccccc1)C(=O)Oc1ccc2c(=O)c(Oc3ccccc3)c(C(F)(F)F)oc2c1)OCc1ccccc1. The number of para-hydroxylation sites is 1. The molecular formula is C33H24F3NO7. The molecule has 0 radical (unpaired) electrons. The molecule has 0 aliphatic carbocycles. The Bertz CT molecular complexity index is 1810. The van der Waals surface area contributed by atoms with E-state index in [9.17, 15) is 27.6 Å². The third-order valence-corrected chi connectivity index (χ3v) is 6.33. The van der Waals surface area contributed by atoms with E-state index in [0.717, 1.165) is 17.7 Å². The lowest BCUT2D eigenvalue weighted by Crippen LogP contribution is -2.44. The van der Waals surface area contributed by atoms with Crippen LogP contribution in [0.15, 0.2) is 118 Å². The van der Waals surface area contributed by atoms with E-state index < -0.39 is 46.8 Å². The highest BCUT2D eigenvalue weighted by Crippen LogP contribution is 2.38. The summed E-state index contributed by atoms with van der Waals surface area (Å²) in [6, 6.07) is 27.3. The van der Waals surface area contributed by atoms with Crippen LogP contribution in [-0.4, -0.2) is 18.1 Å². The molecule has 0 unspecified atom stereocenters. The van der Waals surface area contributed by atoms with Crippen LogP contribution in [0.25, 0.3) is 11.0 Å². The quantitative estimate of drug-likeness (QED) is 0.142. The Balaban J connectivity index is 1.39. The largest absolute Gasteiger partial charge is 0.453 e. The number of alkyl halides is 3. The average molecular weight is 604 g/mol. The monoisotopic (exact) mass is 603 g/mol. The number of alkyl carbamates (subject to hydrolysis) is 1. The first kappa shape index (κ1) is 29.9. The zero-order chi connectivity index (χ0) is 31.1. The molecule has 224 valence electrons. The minimum atomic E-state index is -5.07. The van der Waals surface area contributed by atoms with Gasteiger partial charge in [-0.3, -0.25) is 4.79 Å². The van der Waals surface area contributed by atoms with Crippen LogP contribution >= 0.6 is 0 Å². The number of esters is 1. The van der Waals surface area contributed by atoms with Crippen molar-refractivity contribution in [2.45, 2.75) is 25.2 Å². The van der Waals surface area contributed by atoms with Gasteiger partial charge in [-0.25, -0.2) is 9.59 Å². The van der Waals surface area contributed by atoms with Gasteiger partial charge in [-0.2, -0.15) is 13.2 Å². The molecule has 0 saturated heterocycles. The van der Waals surface area contributed by atoms with E-state index in [1.807, 2.05) is 6.07 Å². The summed E-state index contributed by atoms with van der Waals surface area (Å²) < 4.78 is 62.8. The van der Waals surface area contributed by atoms with Crippen molar-refractivity contribution in [2.75, 3.05) is 0 Å². The molecule has 0 spiro atoms. The van der Waals surface area contributed by atoms with E-state index in [4.69, 9.17) is 18.6 Å². The number of carbonyl (C=O) groups excluding carboxylic acids is 2. The van der Waals surface area contributed by atoms with E-state index >= 15 is 0 Å². The number of nitrogens with one attached hydrogen (secondary N) is 1. The highest BCUT2D eigenvalue weighted by Gasteiger charge is 2.40. The number of fused-ring (bicyclic) bond motifs is 1. The molecule has 0 aliphatic heterocycles. The molecule has 1 aromatic heterocycles. The molecule has 0 bridgehead atoms. The summed E-state index contributed by atoms with van der Waals surface area (Å²) in [5.74, 6) is -3.80. The molecule has 0 aliphatic rings. The molecule has 44 heavy (non-hydrogen) atoms. The first-order valence-electron chi connectivity index (χ1n) is 13.3. The van der Waals surface area contributed by atoms with Crippen LogP contribution in [0.3, 0.4) is 0 Å². The number of benzene rings is 4. The number of rotatable bonds is 9. The van der Waals surface area contributed by atoms with Crippen LogP contribution in [0, 0.1) is 0 Å². The summed E-state index contributed by atoms with van der Waals surface area (Å²) in [7, 11) is 0. The molecule has 4 aromatic carbocycles. The summed E-state index contributed by atoms with van der Waals surface area (Å²) >= 11 is 0. The zero-order valence-corrected chi connectivity index (χ0v) is 22.9. The van der Waals surface area contributed by atoms with Crippen molar-refractivity contribution >= 4 is 23.0 Å². The lowest BCUT2D eigenvalue weighted by molar-refractivity contribution is -0.154. The van der Waals surface area contributed by atoms with Crippen molar-refractivity contribution in [3.8, 4) is 17.2 Å². The third kappa shape index (κ3) is 7.43. The molecule has 1 N–H and O–H groups in total. The Morgan fingerprint density at radius 2 is 1.41 bits per heavy atom. The average Bonchev–Trinajstić information content (AvgIpc) is 3.02. The van der Waals surface area contributed by atoms with Crippen LogP contribution in [-0.2, 0) is 28.7 Å². The molecule has 0 saturated carbocycles. The smallest absolute Gasteiger partial charge is 0.449 e. The Morgan fingerprint density at radius 1 is 0.795 bits per heavy atom. The van der Waals surface area contributed by atoms with Gasteiger partial charge in [0.05, 0.1) is 5.39 Å². The molecule has 1 amide bonds. The summed E-state index contributed by atoms with van der Waals surface area (Å²) in [4.78, 5) is 38.9. The van der Waals surface area contributed by atoms with E-state index in [-0.39, 0.29) is 29.9 Å². The van der Waals surface area contributed by atoms with Crippen molar-refractivity contribution in [3.05, 3.63) is 136 Å². The van der Waals surface area contributed by atoms with Gasteiger partial charge in [-0.05, 0) is 35.4 Å². The number of halogens is 3. The standard InChI is InChI=1S/C33H24F3NO7/c34-33(35,36)30-29(42-23-14-8-3-9-15-23)28(38)25-17-16-24(19-27(25)44-30)43-31(39)26(18-21-10-4-1-5-11-21)37-32(40)41-20-22-12-6-2-7-13-22/h1-17,19,26H,18,20H2,(H,37,40)/t26-/m1/s1. The minimum absolute atomic E-state index is 0.00875. The summed E-state index contributed by atoms with van der Waals surface area (Å²) in [6.45, 7) is -0.0407. The molecule has 5 aromatic rings. The fraction of sp³-hybridized carbons (Fsp3) is 0.121. The van der Waals surface area contributed by atoms with Crippen LogP contribution in [0.5, 0.6) is 17.2 Å². The highest BCUT2D eigenvalue weighted by molar-refractivity contribution is 5.85. The normalized spacial score (nSPS) is 11.9. The van der Waals surface area contributed by atoms with E-state index in [2.05, 4.69) is 5.32 Å². The van der Waals surface area contributed by atoms with Gasteiger partial charge in [0, 0.05) is 12.5 Å². The maximum atomic E-state index is 13.9. The van der Waals surface area contributed by atoms with Crippen LogP contribution in [0.2, 0.25) is 0 Å². The van der Waals surface area contributed by atoms with Gasteiger partial charge in [-0.1, -0.05) is 78.9 Å². The van der Waals surface area contributed by atoms with E-state index in [1.165, 1.54) is 30.3 Å². The molecular weight excluding hydrogens is 579 g/mol. The summed E-state index contributed by atoms with van der Waals surface area (Å²) in [6.07, 6.45) is -5.92. The van der Waals surface area contributed by atoms with Gasteiger partial charge < -0.3 is 23.9 Å². The van der Waals surface area contributed by atoms with E-state index in [1.54, 1.807) is 60.7 Å². The van der Waals surface area contributed by atoms with Gasteiger partial charge in [0.15, 0.2) is 0 Å². The number of ether oxygens (including phenoxy) is 3. The molecule has 8 nitrogen and oxygen atoms in total. The molecule has 1 heterocycles. The predicted octanol–water partition coefficient (Wildman–Crippen LogP) is 7.05. The Labute approximate surface area is 248 Å². The Morgan fingerprint density at radius 3 is 2.05 bits per heavy atom. The Hall–Kier alpha value is -5.58. The highest BCUT2D eigenvalue weighted by atomic mass is 19.4. The Kier molecular flexibility index (Phi) is 8.94. The van der Waals surface area contributed by atoms with Gasteiger partial charge in [-0.15, -0.1) is 0 Å². The van der Waals surface area contributed by atoms with Gasteiger partial charge >= 0.3 is 18.2 Å². The lowest BCUT2D eigenvalue weighted by atomic mass is 10.1. The fourth-order valence-corrected chi connectivity index (χ4v) is 4.24. The first-order chi connectivity index (χ1) is 21.2. The van der Waals surface area contributed by atoms with Crippen molar-refractivity contribution in [2.24, 2.45) is 0 Å². The zero-order valence-electron chi connectivity index (χ0n) is 22.9. The van der Waals surface area contributed by atoms with Crippen LogP contribution in [0.1, 0.15) is 16.9 Å². The van der Waals surface area contributed by atoms with Gasteiger partial charge in [0.25, 0.3) is 5.76 Å². The molecule has 0 fully saturated rings. The fourth-order valence-electron chi connectivity index (χ4n) is 4.24. The van der Waals surface area contributed by atoms with Crippen molar-refractivity contribution in [1.82, 2.24) is 5.32 Å². The summed E-state index contributed by atoms with van der Waals surface area (Å²) in [5, 5.41) is 2.26. The number of hydrogen-bond acceptors (Lipinski definition) is 7. The second-order valence-corrected chi connectivity index (χ2v) is 9.53. The number of carbonyl (C=O) groups is 2. The maximum absolute atomic E-state index is 13.9. The predicted molar refractivity (Wildman–Crippen MR) is 153 cm³/mol. The topological polar surface area (TPSA) is 104 Å².